The zero-order valence-electron chi connectivity index (χ0n) is 12.5. The summed E-state index contributed by atoms with van der Waals surface area (Å²) in [7, 11) is 0. The highest BCUT2D eigenvalue weighted by Crippen LogP contribution is 2.26. The lowest BCUT2D eigenvalue weighted by molar-refractivity contribution is 0.168. The fourth-order valence-electron chi connectivity index (χ4n) is 2.18. The minimum atomic E-state index is -0.594. The van der Waals surface area contributed by atoms with E-state index in [-0.39, 0.29) is 0 Å². The maximum Gasteiger partial charge on any atom is 0.125 e. The van der Waals surface area contributed by atoms with Gasteiger partial charge in [0, 0.05) is 31.0 Å². The summed E-state index contributed by atoms with van der Waals surface area (Å²) in [5, 5.41) is 13.6. The molecule has 0 fully saturated rings. The average Bonchev–Trinajstić information content (AvgIpc) is 2.50. The summed E-state index contributed by atoms with van der Waals surface area (Å²) in [6, 6.07) is 9.79. The highest BCUT2D eigenvalue weighted by molar-refractivity contribution is 5.38. The Kier molecular flexibility index (Phi) is 5.72. The Morgan fingerprint density at radius 1 is 1.33 bits per heavy atom. The Hall–Kier alpha value is -1.91. The van der Waals surface area contributed by atoms with Gasteiger partial charge in [0.2, 0.25) is 0 Å². The van der Waals surface area contributed by atoms with Gasteiger partial charge < -0.3 is 15.2 Å². The first kappa shape index (κ1) is 15.5. The van der Waals surface area contributed by atoms with Crippen molar-refractivity contribution in [2.24, 2.45) is 0 Å². The van der Waals surface area contributed by atoms with E-state index in [1.54, 1.807) is 6.20 Å². The Morgan fingerprint density at radius 3 is 2.90 bits per heavy atom. The lowest BCUT2D eigenvalue weighted by atomic mass is 10.0. The Morgan fingerprint density at radius 2 is 2.19 bits per heavy atom. The van der Waals surface area contributed by atoms with Crippen LogP contribution in [0.4, 0.5) is 0 Å². The van der Waals surface area contributed by atoms with Crippen molar-refractivity contribution < 1.29 is 9.84 Å². The number of nitrogens with zero attached hydrogens (tertiary/aromatic N) is 1. The van der Waals surface area contributed by atoms with Gasteiger partial charge in [-0.25, -0.2) is 0 Å². The van der Waals surface area contributed by atoms with Gasteiger partial charge in [0.05, 0.1) is 12.7 Å². The van der Waals surface area contributed by atoms with Gasteiger partial charge in [-0.15, -0.1) is 0 Å². The molecule has 1 atom stereocenters. The van der Waals surface area contributed by atoms with Crippen molar-refractivity contribution in [3.8, 4) is 5.75 Å². The van der Waals surface area contributed by atoms with E-state index >= 15 is 0 Å². The molecule has 0 aliphatic rings. The minimum absolute atomic E-state index is 0.471. The number of aryl methyl sites for hydroxylation is 1. The molecule has 1 aromatic carbocycles. The van der Waals surface area contributed by atoms with Crippen molar-refractivity contribution in [3.05, 3.63) is 59.4 Å². The number of hydrogen-bond donors (Lipinski definition) is 2. The molecule has 21 heavy (non-hydrogen) atoms. The summed E-state index contributed by atoms with van der Waals surface area (Å²) < 4.78 is 5.58. The van der Waals surface area contributed by atoms with E-state index in [0.717, 1.165) is 22.4 Å². The number of ether oxygens (including phenoxy) is 1. The molecule has 0 spiro atoms. The van der Waals surface area contributed by atoms with Gasteiger partial charge in [0.1, 0.15) is 5.75 Å². The first-order chi connectivity index (χ1) is 10.2. The smallest absolute Gasteiger partial charge is 0.125 e. The predicted molar refractivity (Wildman–Crippen MR) is 83.3 cm³/mol. The Labute approximate surface area is 125 Å². The molecule has 0 saturated carbocycles. The van der Waals surface area contributed by atoms with Crippen LogP contribution in [-0.4, -0.2) is 23.2 Å². The molecule has 112 valence electrons. The van der Waals surface area contributed by atoms with Gasteiger partial charge in [0.15, 0.2) is 0 Å². The normalized spacial score (nSPS) is 12.1. The standard InChI is InChI=1S/C17H22N2O2/c1-3-21-17-7-6-13(2)9-15(17)16(20)12-19-11-14-5-4-8-18-10-14/h4-10,16,19-20H,3,11-12H2,1-2H3. The predicted octanol–water partition coefficient (Wildman–Crippen LogP) is 2.61. The number of aromatic nitrogens is 1. The highest BCUT2D eigenvalue weighted by atomic mass is 16.5. The molecule has 0 radical (unpaired) electrons. The van der Waals surface area contributed by atoms with E-state index in [0.29, 0.717) is 19.7 Å². The fourth-order valence-corrected chi connectivity index (χ4v) is 2.18. The van der Waals surface area contributed by atoms with Crippen molar-refractivity contribution in [2.45, 2.75) is 26.5 Å². The number of benzene rings is 1. The second-order valence-corrected chi connectivity index (χ2v) is 4.98. The molecule has 1 unspecified atom stereocenters. The average molecular weight is 286 g/mol. The highest BCUT2D eigenvalue weighted by Gasteiger charge is 2.13. The van der Waals surface area contributed by atoms with Crippen LogP contribution in [0.3, 0.4) is 0 Å². The number of hydrogen-bond acceptors (Lipinski definition) is 4. The van der Waals surface area contributed by atoms with Crippen molar-refractivity contribution in [1.82, 2.24) is 10.3 Å². The molecular weight excluding hydrogens is 264 g/mol. The largest absolute Gasteiger partial charge is 0.493 e. The molecule has 2 N–H and O–H groups in total. The van der Waals surface area contributed by atoms with Crippen LogP contribution in [0.5, 0.6) is 5.75 Å². The summed E-state index contributed by atoms with van der Waals surface area (Å²) in [4.78, 5) is 4.07. The van der Waals surface area contributed by atoms with Crippen LogP contribution >= 0.6 is 0 Å². The maximum absolute atomic E-state index is 10.4. The van der Waals surface area contributed by atoms with Crippen LogP contribution in [0.15, 0.2) is 42.7 Å². The van der Waals surface area contributed by atoms with Gasteiger partial charge in [0.25, 0.3) is 0 Å². The molecule has 0 amide bonds. The minimum Gasteiger partial charge on any atom is -0.493 e. The lowest BCUT2D eigenvalue weighted by Crippen LogP contribution is -2.21. The van der Waals surface area contributed by atoms with E-state index < -0.39 is 6.10 Å². The van der Waals surface area contributed by atoms with Gasteiger partial charge in [-0.1, -0.05) is 17.7 Å². The summed E-state index contributed by atoms with van der Waals surface area (Å²) in [6.07, 6.45) is 2.97. The molecule has 2 rings (SSSR count). The summed E-state index contributed by atoms with van der Waals surface area (Å²) in [5.74, 6) is 0.749. The van der Waals surface area contributed by atoms with E-state index in [1.165, 1.54) is 0 Å². The first-order valence-electron chi connectivity index (χ1n) is 7.21. The summed E-state index contributed by atoms with van der Waals surface area (Å²) in [5.41, 5.74) is 3.04. The third kappa shape index (κ3) is 4.55. The van der Waals surface area contributed by atoms with Crippen LogP contribution in [0.2, 0.25) is 0 Å². The van der Waals surface area contributed by atoms with Gasteiger partial charge in [-0.3, -0.25) is 4.98 Å². The number of aliphatic hydroxyl groups excluding tert-OH is 1. The van der Waals surface area contributed by atoms with Crippen molar-refractivity contribution in [3.63, 3.8) is 0 Å². The Balaban J connectivity index is 1.96. The molecule has 1 heterocycles. The first-order valence-corrected chi connectivity index (χ1v) is 7.21. The van der Waals surface area contributed by atoms with Crippen LogP contribution in [0.1, 0.15) is 29.7 Å². The zero-order chi connectivity index (χ0) is 15.1. The summed E-state index contributed by atoms with van der Waals surface area (Å²) >= 11 is 0. The molecule has 0 saturated heterocycles. The molecule has 1 aromatic heterocycles. The van der Waals surface area contributed by atoms with Gasteiger partial charge in [-0.2, -0.15) is 0 Å². The monoisotopic (exact) mass is 286 g/mol. The quantitative estimate of drug-likeness (QED) is 0.821. The topological polar surface area (TPSA) is 54.4 Å². The Bertz CT molecular complexity index is 558. The van der Waals surface area contributed by atoms with E-state index in [4.69, 9.17) is 4.74 Å². The number of pyridine rings is 1. The van der Waals surface area contributed by atoms with Crippen molar-refractivity contribution in [1.29, 1.82) is 0 Å². The van der Waals surface area contributed by atoms with Crippen LogP contribution in [0.25, 0.3) is 0 Å². The molecule has 4 heteroatoms. The van der Waals surface area contributed by atoms with Gasteiger partial charge >= 0.3 is 0 Å². The molecule has 0 aliphatic carbocycles. The lowest BCUT2D eigenvalue weighted by Gasteiger charge is -2.17. The molecular formula is C17H22N2O2. The SMILES string of the molecule is CCOc1ccc(C)cc1C(O)CNCc1cccnc1. The molecule has 0 bridgehead atoms. The molecule has 0 aliphatic heterocycles. The van der Waals surface area contributed by atoms with Crippen LogP contribution in [0, 0.1) is 6.92 Å². The van der Waals surface area contributed by atoms with Gasteiger partial charge in [-0.05, 0) is 37.6 Å². The van der Waals surface area contributed by atoms with E-state index in [1.807, 2.05) is 50.4 Å². The fraction of sp³-hybridized carbons (Fsp3) is 0.353. The molecule has 2 aromatic rings. The van der Waals surface area contributed by atoms with E-state index in [2.05, 4.69) is 10.3 Å². The summed E-state index contributed by atoms with van der Waals surface area (Å²) in [6.45, 7) is 5.69. The second kappa shape index (κ2) is 7.76. The third-order valence-electron chi connectivity index (χ3n) is 3.21. The van der Waals surface area contributed by atoms with Crippen LogP contribution in [-0.2, 0) is 6.54 Å². The second-order valence-electron chi connectivity index (χ2n) is 4.98. The number of nitrogens with one attached hydrogen (secondary N) is 1. The maximum atomic E-state index is 10.4. The van der Waals surface area contributed by atoms with E-state index in [9.17, 15) is 5.11 Å². The third-order valence-corrected chi connectivity index (χ3v) is 3.21. The number of aliphatic hydroxyl groups is 1. The zero-order valence-corrected chi connectivity index (χ0v) is 12.5. The van der Waals surface area contributed by atoms with Crippen molar-refractivity contribution >= 4 is 0 Å². The van der Waals surface area contributed by atoms with Crippen LogP contribution < -0.4 is 10.1 Å². The molecule has 4 nitrogen and oxygen atoms in total. The van der Waals surface area contributed by atoms with Crippen molar-refractivity contribution in [2.75, 3.05) is 13.2 Å². The number of rotatable bonds is 7.